The van der Waals surface area contributed by atoms with Gasteiger partial charge in [0.05, 0.1) is 35.6 Å². The Balaban J connectivity index is 1.60. The fraction of sp³-hybridized carbons (Fsp3) is 0.300. The SMILES string of the molecule is CCC1(O)OCc2c1cc1n(c2=O)Cc2cc3cc4c(cc3nc2-1)OCO4. The van der Waals surface area contributed by atoms with Crippen LogP contribution in [0, 0.1) is 0 Å². The summed E-state index contributed by atoms with van der Waals surface area (Å²) in [6.45, 7) is 2.64. The zero-order chi connectivity index (χ0) is 18.3. The van der Waals surface area contributed by atoms with E-state index >= 15 is 0 Å². The second-order valence-corrected chi connectivity index (χ2v) is 7.13. The monoisotopic (exact) mass is 364 g/mol. The van der Waals surface area contributed by atoms with Gasteiger partial charge >= 0.3 is 0 Å². The van der Waals surface area contributed by atoms with Crippen molar-refractivity contribution in [2.75, 3.05) is 6.79 Å². The van der Waals surface area contributed by atoms with Gasteiger partial charge in [-0.1, -0.05) is 6.92 Å². The van der Waals surface area contributed by atoms with Crippen LogP contribution in [0.2, 0.25) is 0 Å². The summed E-state index contributed by atoms with van der Waals surface area (Å²) in [5, 5.41) is 11.7. The van der Waals surface area contributed by atoms with E-state index in [-0.39, 0.29) is 19.0 Å². The lowest BCUT2D eigenvalue weighted by atomic mass is 10.00. The van der Waals surface area contributed by atoms with E-state index in [1.807, 2.05) is 31.2 Å². The summed E-state index contributed by atoms with van der Waals surface area (Å²) in [6, 6.07) is 7.67. The van der Waals surface area contributed by atoms with Gasteiger partial charge in [-0.3, -0.25) is 4.79 Å². The molecule has 3 aromatic rings. The highest BCUT2D eigenvalue weighted by Gasteiger charge is 2.40. The minimum absolute atomic E-state index is 0.122. The van der Waals surface area contributed by atoms with Gasteiger partial charge in [-0.15, -0.1) is 0 Å². The van der Waals surface area contributed by atoms with Crippen molar-refractivity contribution < 1.29 is 19.3 Å². The summed E-state index contributed by atoms with van der Waals surface area (Å²) in [7, 11) is 0. The van der Waals surface area contributed by atoms with E-state index in [2.05, 4.69) is 0 Å². The molecule has 7 heteroatoms. The molecular formula is C20H16N2O5. The van der Waals surface area contributed by atoms with Gasteiger partial charge in [-0.25, -0.2) is 4.98 Å². The smallest absolute Gasteiger partial charge is 0.257 e. The number of pyridine rings is 2. The zero-order valence-electron chi connectivity index (χ0n) is 14.6. The molecule has 6 rings (SSSR count). The molecule has 0 saturated heterocycles. The summed E-state index contributed by atoms with van der Waals surface area (Å²) in [4.78, 5) is 17.8. The molecule has 7 nitrogen and oxygen atoms in total. The average Bonchev–Trinajstić information content (AvgIpc) is 3.35. The molecule has 3 aliphatic heterocycles. The third kappa shape index (κ3) is 1.87. The first-order valence-electron chi connectivity index (χ1n) is 8.94. The van der Waals surface area contributed by atoms with E-state index in [0.29, 0.717) is 41.3 Å². The van der Waals surface area contributed by atoms with Crippen molar-refractivity contribution in [1.82, 2.24) is 9.55 Å². The Hall–Kier alpha value is -2.90. The fourth-order valence-electron chi connectivity index (χ4n) is 4.21. The standard InChI is InChI=1S/C20H16N2O5/c1-2-20(24)13-5-15-18-11(7-22(15)19(23)12(13)8-27-20)3-10-4-16-17(26-9-25-16)6-14(10)21-18/h3-6,24H,2,7-9H2,1H3. The van der Waals surface area contributed by atoms with Crippen LogP contribution in [0.15, 0.2) is 29.1 Å². The Morgan fingerprint density at radius 1 is 1.22 bits per heavy atom. The Labute approximate surface area is 153 Å². The fourth-order valence-corrected chi connectivity index (χ4v) is 4.21. The van der Waals surface area contributed by atoms with E-state index in [1.54, 1.807) is 4.57 Å². The van der Waals surface area contributed by atoms with E-state index < -0.39 is 5.79 Å². The predicted octanol–water partition coefficient (Wildman–Crippen LogP) is 2.24. The maximum absolute atomic E-state index is 13.0. The maximum atomic E-state index is 13.0. The second-order valence-electron chi connectivity index (χ2n) is 7.13. The third-order valence-electron chi connectivity index (χ3n) is 5.71. The number of aliphatic hydroxyl groups is 1. The van der Waals surface area contributed by atoms with Crippen LogP contribution in [0.3, 0.4) is 0 Å². The summed E-state index contributed by atoms with van der Waals surface area (Å²) in [6.07, 6.45) is 0.379. The quantitative estimate of drug-likeness (QED) is 0.558. The summed E-state index contributed by atoms with van der Waals surface area (Å²) in [5.41, 5.74) is 4.19. The van der Waals surface area contributed by atoms with Crippen molar-refractivity contribution in [1.29, 1.82) is 0 Å². The van der Waals surface area contributed by atoms with Crippen LogP contribution in [0.25, 0.3) is 22.3 Å². The van der Waals surface area contributed by atoms with Crippen LogP contribution in [-0.4, -0.2) is 21.5 Å². The maximum Gasteiger partial charge on any atom is 0.257 e. The normalized spacial score (nSPS) is 21.4. The number of rotatable bonds is 1. The van der Waals surface area contributed by atoms with Crippen LogP contribution in [0.5, 0.6) is 11.5 Å². The zero-order valence-corrected chi connectivity index (χ0v) is 14.6. The van der Waals surface area contributed by atoms with Crippen molar-refractivity contribution in [3.05, 3.63) is 51.3 Å². The molecule has 0 radical (unpaired) electrons. The van der Waals surface area contributed by atoms with Gasteiger partial charge in [-0.05, 0) is 18.2 Å². The van der Waals surface area contributed by atoms with Crippen LogP contribution in [0.1, 0.15) is 30.0 Å². The highest BCUT2D eigenvalue weighted by atomic mass is 16.7. The average molecular weight is 364 g/mol. The number of ether oxygens (including phenoxy) is 3. The van der Waals surface area contributed by atoms with Gasteiger partial charge in [0.25, 0.3) is 5.56 Å². The third-order valence-corrected chi connectivity index (χ3v) is 5.71. The molecule has 1 unspecified atom stereocenters. The summed E-state index contributed by atoms with van der Waals surface area (Å²) < 4.78 is 18.1. The van der Waals surface area contributed by atoms with Crippen LogP contribution >= 0.6 is 0 Å². The molecule has 0 spiro atoms. The molecule has 5 heterocycles. The first kappa shape index (κ1) is 15.2. The lowest BCUT2D eigenvalue weighted by Gasteiger charge is -2.21. The minimum Gasteiger partial charge on any atom is -0.454 e. The lowest BCUT2D eigenvalue weighted by Crippen LogP contribution is -2.27. The van der Waals surface area contributed by atoms with E-state index in [4.69, 9.17) is 19.2 Å². The second kappa shape index (κ2) is 4.88. The molecule has 0 aliphatic carbocycles. The minimum atomic E-state index is -1.41. The van der Waals surface area contributed by atoms with Crippen LogP contribution in [-0.2, 0) is 23.7 Å². The Bertz CT molecular complexity index is 1220. The van der Waals surface area contributed by atoms with Gasteiger partial charge in [0.2, 0.25) is 6.79 Å². The van der Waals surface area contributed by atoms with Crippen molar-refractivity contribution >= 4 is 10.9 Å². The van der Waals surface area contributed by atoms with Gasteiger partial charge in [0.15, 0.2) is 17.3 Å². The lowest BCUT2D eigenvalue weighted by molar-refractivity contribution is -0.204. The molecule has 136 valence electrons. The first-order valence-corrected chi connectivity index (χ1v) is 8.94. The molecular weight excluding hydrogens is 348 g/mol. The van der Waals surface area contributed by atoms with Crippen molar-refractivity contribution in [3.63, 3.8) is 0 Å². The molecule has 0 bridgehead atoms. The van der Waals surface area contributed by atoms with Gasteiger partial charge in [0.1, 0.15) is 0 Å². The number of aromatic nitrogens is 2. The Morgan fingerprint density at radius 3 is 2.85 bits per heavy atom. The summed E-state index contributed by atoms with van der Waals surface area (Å²) in [5.74, 6) is -0.0236. The number of hydrogen-bond donors (Lipinski definition) is 1. The van der Waals surface area contributed by atoms with E-state index in [0.717, 1.165) is 22.2 Å². The van der Waals surface area contributed by atoms with Crippen LogP contribution in [0.4, 0.5) is 0 Å². The highest BCUT2D eigenvalue weighted by molar-refractivity contribution is 5.87. The number of benzene rings is 1. The predicted molar refractivity (Wildman–Crippen MR) is 95.6 cm³/mol. The molecule has 27 heavy (non-hydrogen) atoms. The summed E-state index contributed by atoms with van der Waals surface area (Å²) >= 11 is 0. The first-order chi connectivity index (χ1) is 13.1. The van der Waals surface area contributed by atoms with Crippen molar-refractivity contribution in [2.45, 2.75) is 32.3 Å². The topological polar surface area (TPSA) is 82.8 Å². The molecule has 1 aromatic carbocycles. The molecule has 2 aromatic heterocycles. The molecule has 0 amide bonds. The Morgan fingerprint density at radius 2 is 2.04 bits per heavy atom. The number of nitrogens with zero attached hydrogens (tertiary/aromatic N) is 2. The molecule has 0 saturated carbocycles. The van der Waals surface area contributed by atoms with Crippen molar-refractivity contribution in [2.24, 2.45) is 0 Å². The van der Waals surface area contributed by atoms with Gasteiger partial charge in [-0.2, -0.15) is 0 Å². The molecule has 1 atom stereocenters. The van der Waals surface area contributed by atoms with Gasteiger partial charge < -0.3 is 23.9 Å². The largest absolute Gasteiger partial charge is 0.454 e. The molecule has 3 aliphatic rings. The van der Waals surface area contributed by atoms with Crippen molar-refractivity contribution in [3.8, 4) is 22.9 Å². The van der Waals surface area contributed by atoms with Crippen LogP contribution < -0.4 is 15.0 Å². The number of hydrogen-bond acceptors (Lipinski definition) is 6. The number of fused-ring (bicyclic) bond motifs is 6. The van der Waals surface area contributed by atoms with E-state index in [1.165, 1.54) is 0 Å². The van der Waals surface area contributed by atoms with E-state index in [9.17, 15) is 9.90 Å². The Kier molecular flexibility index (Phi) is 2.74. The molecule has 0 fully saturated rings. The highest BCUT2D eigenvalue weighted by Crippen LogP contribution is 2.41. The van der Waals surface area contributed by atoms with Gasteiger partial charge in [0, 0.05) is 29.0 Å². The molecule has 1 N–H and O–H groups in total.